The Morgan fingerprint density at radius 3 is 2.47 bits per heavy atom. The van der Waals surface area contributed by atoms with Crippen LogP contribution in [0.1, 0.15) is 33.2 Å². The Kier molecular flexibility index (Phi) is 6.26. The molecule has 1 saturated heterocycles. The van der Waals surface area contributed by atoms with Crippen LogP contribution in [-0.2, 0) is 4.74 Å². The van der Waals surface area contributed by atoms with Crippen molar-refractivity contribution in [1.29, 1.82) is 0 Å². The van der Waals surface area contributed by atoms with E-state index in [2.05, 4.69) is 46.5 Å². The zero-order valence-corrected chi connectivity index (χ0v) is 17.5. The number of morpholine rings is 1. The van der Waals surface area contributed by atoms with E-state index in [1.165, 1.54) is 5.56 Å². The minimum Gasteiger partial charge on any atom is -0.379 e. The van der Waals surface area contributed by atoms with Gasteiger partial charge in [0.1, 0.15) is 0 Å². The highest BCUT2D eigenvalue weighted by molar-refractivity contribution is 5.95. The maximum atomic E-state index is 13.2. The van der Waals surface area contributed by atoms with Crippen LogP contribution in [0, 0.1) is 13.8 Å². The van der Waals surface area contributed by atoms with Gasteiger partial charge in [0.05, 0.1) is 42.4 Å². The molecule has 0 aliphatic carbocycles. The molecule has 1 atom stereocenters. The Labute approximate surface area is 177 Å². The molecule has 1 aliphatic rings. The molecule has 0 saturated carbocycles. The molecule has 1 fully saturated rings. The quantitative estimate of drug-likeness (QED) is 0.685. The highest BCUT2D eigenvalue weighted by Crippen LogP contribution is 2.19. The molecule has 1 N–H and O–H groups in total. The van der Waals surface area contributed by atoms with E-state index in [1.54, 1.807) is 10.9 Å². The van der Waals surface area contributed by atoms with Crippen LogP contribution in [0.15, 0.2) is 60.8 Å². The van der Waals surface area contributed by atoms with Crippen molar-refractivity contribution in [2.24, 2.45) is 0 Å². The molecule has 6 heteroatoms. The SMILES string of the molecule is Cc1ccc([C@@H](CN2CCOCC2)NC(=O)c2cnn(-c3ccccc3)c2C)cc1. The Bertz CT molecular complexity index is 976. The Morgan fingerprint density at radius 1 is 1.07 bits per heavy atom. The van der Waals surface area contributed by atoms with Crippen LogP contribution >= 0.6 is 0 Å². The monoisotopic (exact) mass is 404 g/mol. The van der Waals surface area contributed by atoms with Crippen LogP contribution in [0.2, 0.25) is 0 Å². The van der Waals surface area contributed by atoms with Gasteiger partial charge in [0.2, 0.25) is 0 Å². The first kappa shape index (κ1) is 20.3. The minimum absolute atomic E-state index is 0.101. The average Bonchev–Trinajstić information content (AvgIpc) is 3.16. The Balaban J connectivity index is 1.55. The number of nitrogens with one attached hydrogen (secondary N) is 1. The lowest BCUT2D eigenvalue weighted by Crippen LogP contribution is -2.43. The zero-order valence-electron chi connectivity index (χ0n) is 17.5. The number of aromatic nitrogens is 2. The Hall–Kier alpha value is -2.96. The number of para-hydroxylation sites is 1. The molecule has 2 aromatic carbocycles. The van der Waals surface area contributed by atoms with Crippen LogP contribution in [0.4, 0.5) is 0 Å². The summed E-state index contributed by atoms with van der Waals surface area (Å²) in [4.78, 5) is 15.5. The molecule has 0 bridgehead atoms. The van der Waals surface area contributed by atoms with Gasteiger partial charge in [-0.15, -0.1) is 0 Å². The van der Waals surface area contributed by atoms with E-state index in [4.69, 9.17) is 4.74 Å². The van der Waals surface area contributed by atoms with Crippen molar-refractivity contribution in [3.05, 3.63) is 83.2 Å². The molecule has 6 nitrogen and oxygen atoms in total. The van der Waals surface area contributed by atoms with E-state index >= 15 is 0 Å². The van der Waals surface area contributed by atoms with Crippen molar-refractivity contribution in [3.63, 3.8) is 0 Å². The summed E-state index contributed by atoms with van der Waals surface area (Å²) in [5, 5.41) is 7.69. The zero-order chi connectivity index (χ0) is 20.9. The van der Waals surface area contributed by atoms with Gasteiger partial charge in [-0.1, -0.05) is 48.0 Å². The topological polar surface area (TPSA) is 59.4 Å². The molecule has 30 heavy (non-hydrogen) atoms. The van der Waals surface area contributed by atoms with E-state index < -0.39 is 0 Å². The number of benzene rings is 2. The fourth-order valence-electron chi connectivity index (χ4n) is 3.77. The number of carbonyl (C=O) groups is 1. The summed E-state index contributed by atoms with van der Waals surface area (Å²) in [5.41, 5.74) is 4.67. The summed E-state index contributed by atoms with van der Waals surface area (Å²) in [7, 11) is 0. The summed E-state index contributed by atoms with van der Waals surface area (Å²) < 4.78 is 7.28. The molecule has 1 aromatic heterocycles. The van der Waals surface area contributed by atoms with Crippen molar-refractivity contribution in [3.8, 4) is 5.69 Å². The molecule has 2 heterocycles. The fourth-order valence-corrected chi connectivity index (χ4v) is 3.77. The van der Waals surface area contributed by atoms with Crippen molar-refractivity contribution < 1.29 is 9.53 Å². The van der Waals surface area contributed by atoms with Crippen molar-refractivity contribution in [2.45, 2.75) is 19.9 Å². The standard InChI is InChI=1S/C24H28N4O2/c1-18-8-10-20(11-9-18)23(17-27-12-14-30-15-13-27)26-24(29)22-16-25-28(19(22)2)21-6-4-3-5-7-21/h3-11,16,23H,12-15,17H2,1-2H3,(H,26,29)/t23-/m1/s1. The normalized spacial score (nSPS) is 15.7. The van der Waals surface area contributed by atoms with Crippen LogP contribution in [0.3, 0.4) is 0 Å². The molecule has 156 valence electrons. The lowest BCUT2D eigenvalue weighted by Gasteiger charge is -2.31. The van der Waals surface area contributed by atoms with Crippen LogP contribution in [0.25, 0.3) is 5.69 Å². The van der Waals surface area contributed by atoms with Gasteiger partial charge in [0, 0.05) is 19.6 Å². The lowest BCUT2D eigenvalue weighted by molar-refractivity contribution is 0.0332. The first-order valence-corrected chi connectivity index (χ1v) is 10.4. The van der Waals surface area contributed by atoms with Crippen molar-refractivity contribution in [2.75, 3.05) is 32.8 Å². The van der Waals surface area contributed by atoms with Gasteiger partial charge in [-0.25, -0.2) is 4.68 Å². The maximum absolute atomic E-state index is 13.2. The predicted octanol–water partition coefficient (Wildman–Crippen LogP) is 3.29. The minimum atomic E-state index is -0.103. The predicted molar refractivity (Wildman–Crippen MR) is 117 cm³/mol. The van der Waals surface area contributed by atoms with Gasteiger partial charge < -0.3 is 10.1 Å². The number of ether oxygens (including phenoxy) is 1. The molecule has 1 amide bonds. The van der Waals surface area contributed by atoms with Gasteiger partial charge in [-0.2, -0.15) is 5.10 Å². The van der Waals surface area contributed by atoms with Crippen LogP contribution in [0.5, 0.6) is 0 Å². The molecule has 0 spiro atoms. The molecule has 4 rings (SSSR count). The largest absolute Gasteiger partial charge is 0.379 e. The maximum Gasteiger partial charge on any atom is 0.255 e. The second kappa shape index (κ2) is 9.24. The van der Waals surface area contributed by atoms with Crippen LogP contribution in [-0.4, -0.2) is 53.4 Å². The van der Waals surface area contributed by atoms with Crippen molar-refractivity contribution in [1.82, 2.24) is 20.0 Å². The third kappa shape index (κ3) is 4.61. The smallest absolute Gasteiger partial charge is 0.255 e. The molecule has 0 unspecified atom stereocenters. The number of nitrogens with zero attached hydrogens (tertiary/aromatic N) is 3. The number of amides is 1. The highest BCUT2D eigenvalue weighted by atomic mass is 16.5. The summed E-state index contributed by atoms with van der Waals surface area (Å²) >= 11 is 0. The van der Waals surface area contributed by atoms with Crippen LogP contribution < -0.4 is 5.32 Å². The van der Waals surface area contributed by atoms with E-state index in [-0.39, 0.29) is 11.9 Å². The van der Waals surface area contributed by atoms with Gasteiger partial charge >= 0.3 is 0 Å². The van der Waals surface area contributed by atoms with Crippen molar-refractivity contribution >= 4 is 5.91 Å². The fraction of sp³-hybridized carbons (Fsp3) is 0.333. The third-order valence-electron chi connectivity index (χ3n) is 5.58. The van der Waals surface area contributed by atoms with E-state index in [0.717, 1.165) is 49.8 Å². The highest BCUT2D eigenvalue weighted by Gasteiger charge is 2.23. The number of rotatable bonds is 6. The molecular formula is C24H28N4O2. The molecular weight excluding hydrogens is 376 g/mol. The van der Waals surface area contributed by atoms with Gasteiger partial charge in [-0.05, 0) is 31.5 Å². The third-order valence-corrected chi connectivity index (χ3v) is 5.58. The summed E-state index contributed by atoms with van der Waals surface area (Å²) in [5.74, 6) is -0.103. The number of aryl methyl sites for hydroxylation is 1. The first-order chi connectivity index (χ1) is 14.6. The van der Waals surface area contributed by atoms with Gasteiger partial charge in [-0.3, -0.25) is 9.69 Å². The number of hydrogen-bond acceptors (Lipinski definition) is 4. The van der Waals surface area contributed by atoms with Gasteiger partial charge in [0.25, 0.3) is 5.91 Å². The molecule has 1 aliphatic heterocycles. The summed E-state index contributed by atoms with van der Waals surface area (Å²) in [6.07, 6.45) is 1.65. The second-order valence-corrected chi connectivity index (χ2v) is 7.74. The van der Waals surface area contributed by atoms with Gasteiger partial charge in [0.15, 0.2) is 0 Å². The average molecular weight is 405 g/mol. The van der Waals surface area contributed by atoms with E-state index in [1.807, 2.05) is 37.3 Å². The summed E-state index contributed by atoms with van der Waals surface area (Å²) in [6, 6.07) is 18.1. The van der Waals surface area contributed by atoms with E-state index in [9.17, 15) is 4.79 Å². The van der Waals surface area contributed by atoms with E-state index in [0.29, 0.717) is 5.56 Å². The number of carbonyl (C=O) groups excluding carboxylic acids is 1. The second-order valence-electron chi connectivity index (χ2n) is 7.74. The molecule has 0 radical (unpaired) electrons. The number of hydrogen-bond donors (Lipinski definition) is 1. The lowest BCUT2D eigenvalue weighted by atomic mass is 10.0. The first-order valence-electron chi connectivity index (χ1n) is 10.4. The summed E-state index contributed by atoms with van der Waals surface area (Å²) in [6.45, 7) is 7.98. The Morgan fingerprint density at radius 2 is 1.77 bits per heavy atom. The molecule has 3 aromatic rings.